The van der Waals surface area contributed by atoms with E-state index in [1.165, 1.54) is 12.0 Å². The zero-order valence-corrected chi connectivity index (χ0v) is 8.40. The average molecular weight is 175 g/mol. The second-order valence-corrected chi connectivity index (χ2v) is 3.19. The summed E-state index contributed by atoms with van der Waals surface area (Å²) in [5.74, 6) is 0.652. The lowest BCUT2D eigenvalue weighted by Gasteiger charge is -2.11. The summed E-state index contributed by atoms with van der Waals surface area (Å²) in [7, 11) is 0. The minimum atomic E-state index is 0.652. The first-order chi connectivity index (χ1) is 6.38. The van der Waals surface area contributed by atoms with Gasteiger partial charge in [0.25, 0.3) is 0 Å². The molecule has 0 amide bonds. The van der Waals surface area contributed by atoms with Crippen molar-refractivity contribution in [2.45, 2.75) is 32.6 Å². The van der Waals surface area contributed by atoms with Crippen molar-refractivity contribution in [3.8, 4) is 0 Å². The molecule has 1 aromatic rings. The Bertz CT molecular complexity index is 251. The summed E-state index contributed by atoms with van der Waals surface area (Å²) in [4.78, 5) is 4.02. The van der Waals surface area contributed by atoms with Crippen molar-refractivity contribution in [1.82, 2.24) is 4.98 Å². The maximum Gasteiger partial charge on any atom is 0.0270 e. The first kappa shape index (κ1) is 9.97. The van der Waals surface area contributed by atoms with Crippen LogP contribution in [0.1, 0.15) is 38.2 Å². The molecule has 1 heterocycles. The first-order valence-electron chi connectivity index (χ1n) is 4.89. The Hall–Kier alpha value is -1.11. The summed E-state index contributed by atoms with van der Waals surface area (Å²) in [6.45, 7) is 4.30. The Morgan fingerprint density at radius 2 is 2.08 bits per heavy atom. The molecule has 1 heteroatoms. The van der Waals surface area contributed by atoms with Gasteiger partial charge in [-0.05, 0) is 43.4 Å². The van der Waals surface area contributed by atoms with Crippen molar-refractivity contribution >= 4 is 0 Å². The Morgan fingerprint density at radius 3 is 2.62 bits per heavy atom. The molecule has 0 aliphatic heterocycles. The number of hydrogen-bond donors (Lipinski definition) is 0. The number of hydrogen-bond acceptors (Lipinski definition) is 1. The third kappa shape index (κ3) is 3.02. The second-order valence-electron chi connectivity index (χ2n) is 3.19. The maximum atomic E-state index is 4.02. The quantitative estimate of drug-likeness (QED) is 0.638. The van der Waals surface area contributed by atoms with Gasteiger partial charge in [0.05, 0.1) is 0 Å². The van der Waals surface area contributed by atoms with E-state index in [9.17, 15) is 0 Å². The molecule has 0 N–H and O–H groups in total. The summed E-state index contributed by atoms with van der Waals surface area (Å²) >= 11 is 0. The van der Waals surface area contributed by atoms with E-state index in [1.54, 1.807) is 0 Å². The number of aromatic nitrogens is 1. The molecule has 0 radical (unpaired) electrons. The molecule has 70 valence electrons. The number of pyridine rings is 1. The van der Waals surface area contributed by atoms with Gasteiger partial charge in [-0.2, -0.15) is 0 Å². The fourth-order valence-electron chi connectivity index (χ4n) is 1.47. The molecule has 1 rings (SSSR count). The molecule has 0 aliphatic carbocycles. The molecule has 0 saturated heterocycles. The fraction of sp³-hybridized carbons (Fsp3) is 0.417. The zero-order chi connectivity index (χ0) is 9.52. The zero-order valence-electron chi connectivity index (χ0n) is 8.40. The standard InChI is InChI=1S/C12H17N/c1-3-5-6-11(4-2)12-7-9-13-10-8-12/h3,5,7-11H,4,6H2,1-2H3/b5-3-. The Balaban J connectivity index is 2.67. The highest BCUT2D eigenvalue weighted by atomic mass is 14.6. The molecule has 0 fully saturated rings. The molecule has 0 aromatic carbocycles. The van der Waals surface area contributed by atoms with Crippen molar-refractivity contribution in [2.75, 3.05) is 0 Å². The van der Waals surface area contributed by atoms with Gasteiger partial charge in [-0.15, -0.1) is 0 Å². The highest BCUT2D eigenvalue weighted by Crippen LogP contribution is 2.22. The smallest absolute Gasteiger partial charge is 0.0270 e. The fourth-order valence-corrected chi connectivity index (χ4v) is 1.47. The molecule has 1 aromatic heterocycles. The summed E-state index contributed by atoms with van der Waals surface area (Å²) in [5, 5.41) is 0. The van der Waals surface area contributed by atoms with E-state index in [2.05, 4.69) is 43.1 Å². The van der Waals surface area contributed by atoms with Crippen molar-refractivity contribution in [3.63, 3.8) is 0 Å². The third-order valence-electron chi connectivity index (χ3n) is 2.33. The molecule has 1 nitrogen and oxygen atoms in total. The van der Waals surface area contributed by atoms with Gasteiger partial charge in [0.15, 0.2) is 0 Å². The molecule has 13 heavy (non-hydrogen) atoms. The largest absolute Gasteiger partial charge is 0.265 e. The van der Waals surface area contributed by atoms with Gasteiger partial charge in [0, 0.05) is 12.4 Å². The van der Waals surface area contributed by atoms with Crippen LogP contribution < -0.4 is 0 Å². The van der Waals surface area contributed by atoms with Crippen molar-refractivity contribution < 1.29 is 0 Å². The van der Waals surface area contributed by atoms with E-state index in [4.69, 9.17) is 0 Å². The van der Waals surface area contributed by atoms with Crippen LogP contribution in [0.5, 0.6) is 0 Å². The van der Waals surface area contributed by atoms with Crippen LogP contribution in [-0.4, -0.2) is 4.98 Å². The van der Waals surface area contributed by atoms with E-state index in [0.717, 1.165) is 6.42 Å². The van der Waals surface area contributed by atoms with Crippen LogP contribution in [-0.2, 0) is 0 Å². The lowest BCUT2D eigenvalue weighted by molar-refractivity contribution is 0.673. The van der Waals surface area contributed by atoms with E-state index >= 15 is 0 Å². The van der Waals surface area contributed by atoms with Gasteiger partial charge < -0.3 is 0 Å². The number of rotatable bonds is 4. The monoisotopic (exact) mass is 175 g/mol. The van der Waals surface area contributed by atoms with E-state index in [0.29, 0.717) is 5.92 Å². The van der Waals surface area contributed by atoms with Gasteiger partial charge in [-0.25, -0.2) is 0 Å². The van der Waals surface area contributed by atoms with Crippen LogP contribution in [0.25, 0.3) is 0 Å². The highest BCUT2D eigenvalue weighted by Gasteiger charge is 2.05. The summed E-state index contributed by atoms with van der Waals surface area (Å²) in [6, 6.07) is 4.22. The Labute approximate surface area is 80.5 Å². The third-order valence-corrected chi connectivity index (χ3v) is 2.33. The lowest BCUT2D eigenvalue weighted by atomic mass is 9.94. The molecule has 1 atom stereocenters. The first-order valence-corrected chi connectivity index (χ1v) is 4.89. The topological polar surface area (TPSA) is 12.9 Å². The van der Waals surface area contributed by atoms with Crippen molar-refractivity contribution in [3.05, 3.63) is 42.2 Å². The van der Waals surface area contributed by atoms with Crippen LogP contribution in [0.4, 0.5) is 0 Å². The van der Waals surface area contributed by atoms with Gasteiger partial charge in [-0.3, -0.25) is 4.98 Å². The minimum Gasteiger partial charge on any atom is -0.265 e. The van der Waals surface area contributed by atoms with E-state index in [1.807, 2.05) is 12.4 Å². The van der Waals surface area contributed by atoms with Gasteiger partial charge in [0.1, 0.15) is 0 Å². The van der Waals surface area contributed by atoms with Gasteiger partial charge >= 0.3 is 0 Å². The van der Waals surface area contributed by atoms with Crippen LogP contribution in [0, 0.1) is 0 Å². The maximum absolute atomic E-state index is 4.02. The van der Waals surface area contributed by atoms with E-state index < -0.39 is 0 Å². The van der Waals surface area contributed by atoms with Gasteiger partial charge in [-0.1, -0.05) is 19.1 Å². The summed E-state index contributed by atoms with van der Waals surface area (Å²) in [5.41, 5.74) is 1.40. The van der Waals surface area contributed by atoms with Crippen LogP contribution in [0.15, 0.2) is 36.7 Å². The molecule has 1 unspecified atom stereocenters. The van der Waals surface area contributed by atoms with Crippen LogP contribution in [0.2, 0.25) is 0 Å². The summed E-state index contributed by atoms with van der Waals surface area (Å²) in [6.07, 6.45) is 10.4. The average Bonchev–Trinajstić information content (AvgIpc) is 2.21. The second kappa shape index (κ2) is 5.52. The van der Waals surface area contributed by atoms with Crippen LogP contribution >= 0.6 is 0 Å². The predicted octanol–water partition coefficient (Wildman–Crippen LogP) is 3.54. The Morgan fingerprint density at radius 1 is 1.38 bits per heavy atom. The summed E-state index contributed by atoms with van der Waals surface area (Å²) < 4.78 is 0. The highest BCUT2D eigenvalue weighted by molar-refractivity contribution is 5.16. The minimum absolute atomic E-state index is 0.652. The molecular weight excluding hydrogens is 158 g/mol. The van der Waals surface area contributed by atoms with Crippen molar-refractivity contribution in [2.24, 2.45) is 0 Å². The molecule has 0 spiro atoms. The number of allylic oxidation sites excluding steroid dienone is 2. The van der Waals surface area contributed by atoms with Gasteiger partial charge in [0.2, 0.25) is 0 Å². The van der Waals surface area contributed by atoms with Crippen LogP contribution in [0.3, 0.4) is 0 Å². The Kier molecular flexibility index (Phi) is 4.24. The lowest BCUT2D eigenvalue weighted by Crippen LogP contribution is -1.95. The SMILES string of the molecule is C/C=C\CC(CC)c1ccncc1. The molecule has 0 saturated carbocycles. The normalized spacial score (nSPS) is 13.4. The molecular formula is C12H17N. The molecule has 0 aliphatic rings. The van der Waals surface area contributed by atoms with E-state index in [-0.39, 0.29) is 0 Å². The van der Waals surface area contributed by atoms with Crippen molar-refractivity contribution in [1.29, 1.82) is 0 Å². The number of nitrogens with zero attached hydrogens (tertiary/aromatic N) is 1. The molecule has 0 bridgehead atoms. The predicted molar refractivity (Wildman–Crippen MR) is 56.7 cm³/mol.